The van der Waals surface area contributed by atoms with Gasteiger partial charge in [0.1, 0.15) is 18.8 Å². The fourth-order valence-electron chi connectivity index (χ4n) is 10.5. The van der Waals surface area contributed by atoms with E-state index in [4.69, 9.17) is 42.6 Å². The molecule has 0 bridgehead atoms. The first-order chi connectivity index (χ1) is 41.3. The van der Waals surface area contributed by atoms with Gasteiger partial charge in [-0.05, 0) is 97.2 Å². The third kappa shape index (κ3) is 63.6. The van der Waals surface area contributed by atoms with E-state index in [-0.39, 0.29) is 36.8 Å². The average Bonchev–Trinajstić information content (AvgIpc) is 3.56. The summed E-state index contributed by atoms with van der Waals surface area (Å²) in [5, 5.41) is 10.7. The van der Waals surface area contributed by atoms with Crippen molar-refractivity contribution in [3.63, 3.8) is 0 Å². The normalized spacial score (nSPS) is 13.7. The number of aliphatic hydroxyl groups excluding tert-OH is 1. The van der Waals surface area contributed by atoms with Gasteiger partial charge in [-0.1, -0.05) is 241 Å². The Hall–Kier alpha value is -1.42. The molecule has 0 spiro atoms. The smallest absolute Gasteiger partial charge is 0.309 e. The predicted octanol–water partition coefficient (Wildman–Crippen LogP) is 18.3. The first-order valence-electron chi connectivity index (χ1n) is 36.1. The van der Waals surface area contributed by atoms with Gasteiger partial charge in [-0.2, -0.15) is 0 Å². The Labute approximate surface area is 520 Å². The molecule has 84 heavy (non-hydrogen) atoms. The number of piperidine rings is 1. The third-order valence-electron chi connectivity index (χ3n) is 16.0. The Morgan fingerprint density at radius 2 is 0.750 bits per heavy atom. The van der Waals surface area contributed by atoms with Crippen molar-refractivity contribution in [3.8, 4) is 0 Å². The van der Waals surface area contributed by atoms with Crippen molar-refractivity contribution in [2.24, 2.45) is 5.92 Å². The molecule has 1 N–H and O–H groups in total. The summed E-state index contributed by atoms with van der Waals surface area (Å²) < 4.78 is 51.8. The standard InChI is InChI=1S/C51H101NO10.C18H36O2.C2H6/c1-5-8-11-14-18-23-28-48(29-24-19-15-12-9-6-2)62-50(53)30-25-20-17-21-26-35-58-45-49(60-36-27-22-16-13-10-7-3)46-59-42-41-56-38-37-55-39-40-57-43-44-61-51(54)47-31-33-52(4)34-32-47;1-3-5-7-9-11-13-15-18(20-17-19)16-14-12-10-8-6-4-2;1-2/h47-50,53H,5-46H2,1-4H3;17-18H,3-16H2,1-2H3;1-2H3/t49-,50?;;/m0../s1. The van der Waals surface area contributed by atoms with Gasteiger partial charge in [0.15, 0.2) is 6.29 Å². The second-order valence-electron chi connectivity index (χ2n) is 23.8. The molecule has 1 aliphatic rings. The number of esters is 1. The number of carbonyl (C=O) groups is 2. The second-order valence-corrected chi connectivity index (χ2v) is 23.8. The van der Waals surface area contributed by atoms with Crippen LogP contribution in [0.2, 0.25) is 0 Å². The molecule has 1 rings (SSSR count). The van der Waals surface area contributed by atoms with Crippen LogP contribution < -0.4 is 0 Å². The number of unbranched alkanes of at least 4 members (excludes halogenated alkanes) is 29. The van der Waals surface area contributed by atoms with Crippen LogP contribution in [0.25, 0.3) is 0 Å². The number of likely N-dealkylation sites (tertiary alicyclic amines) is 1. The van der Waals surface area contributed by atoms with Crippen LogP contribution in [-0.2, 0) is 52.2 Å². The van der Waals surface area contributed by atoms with Crippen LogP contribution in [0, 0.1) is 5.92 Å². The van der Waals surface area contributed by atoms with Gasteiger partial charge >= 0.3 is 5.97 Å². The number of rotatable bonds is 65. The van der Waals surface area contributed by atoms with Gasteiger partial charge in [0.05, 0.1) is 71.5 Å². The number of aliphatic hydroxyl groups is 1. The first kappa shape index (κ1) is 84.6. The Morgan fingerprint density at radius 3 is 1.17 bits per heavy atom. The number of hydrogen-bond acceptors (Lipinski definition) is 13. The molecule has 1 aliphatic heterocycles. The fraction of sp³-hybridized carbons (Fsp3) is 0.972. The Kier molecular flexibility index (Phi) is 72.9. The van der Waals surface area contributed by atoms with Gasteiger partial charge in [0, 0.05) is 13.2 Å². The minimum atomic E-state index is -0.638. The lowest BCUT2D eigenvalue weighted by Gasteiger charge is -2.27. The minimum Gasteiger partial charge on any atom is -0.465 e. The van der Waals surface area contributed by atoms with Gasteiger partial charge < -0.3 is 52.6 Å². The van der Waals surface area contributed by atoms with Crippen LogP contribution in [0.5, 0.6) is 0 Å². The quantitative estimate of drug-likeness (QED) is 0.0268. The molecule has 1 fully saturated rings. The highest BCUT2D eigenvalue weighted by molar-refractivity contribution is 5.72. The van der Waals surface area contributed by atoms with Crippen molar-refractivity contribution < 1.29 is 57.3 Å². The molecule has 13 nitrogen and oxygen atoms in total. The maximum atomic E-state index is 12.2. The topological polar surface area (TPSA) is 141 Å². The number of nitrogens with zero attached hydrogens (tertiary/aromatic N) is 1. The summed E-state index contributed by atoms with van der Waals surface area (Å²) >= 11 is 0. The van der Waals surface area contributed by atoms with Crippen LogP contribution in [-0.4, -0.2) is 146 Å². The van der Waals surface area contributed by atoms with Crippen LogP contribution in [0.1, 0.15) is 318 Å². The van der Waals surface area contributed by atoms with Crippen LogP contribution in [0.4, 0.5) is 0 Å². The van der Waals surface area contributed by atoms with Crippen molar-refractivity contribution >= 4 is 12.4 Å². The highest BCUT2D eigenvalue weighted by Crippen LogP contribution is 2.21. The van der Waals surface area contributed by atoms with E-state index in [1.165, 1.54) is 186 Å². The van der Waals surface area contributed by atoms with Crippen molar-refractivity contribution in [3.05, 3.63) is 0 Å². The molecule has 0 radical (unpaired) electrons. The highest BCUT2D eigenvalue weighted by atomic mass is 16.6. The van der Waals surface area contributed by atoms with E-state index in [1.54, 1.807) is 0 Å². The van der Waals surface area contributed by atoms with E-state index >= 15 is 0 Å². The van der Waals surface area contributed by atoms with E-state index in [9.17, 15) is 14.7 Å². The SMILES string of the molecule is CC.CCCCCCCCC(CCCCCCCC)OC=O.CCCCCCCCO[C@@H](COCCCCCCCC(O)OC(CCCCCCCC)CCCCCCCC)COCCOCCOCCOCCOC(=O)C1CCN(C)CC1. The monoisotopic (exact) mass is 1200 g/mol. The summed E-state index contributed by atoms with van der Waals surface area (Å²) in [6.07, 6.45) is 50.4. The van der Waals surface area contributed by atoms with Crippen molar-refractivity contribution in [2.75, 3.05) is 99.4 Å². The number of carbonyl (C=O) groups excluding carboxylic acids is 2. The first-order valence-corrected chi connectivity index (χ1v) is 36.1. The molecule has 0 aliphatic carbocycles. The number of ether oxygens (including phenoxy) is 9. The number of hydrogen-bond donors (Lipinski definition) is 1. The van der Waals surface area contributed by atoms with E-state index < -0.39 is 6.29 Å². The van der Waals surface area contributed by atoms with E-state index in [0.717, 1.165) is 110 Å². The highest BCUT2D eigenvalue weighted by Gasteiger charge is 2.24. The van der Waals surface area contributed by atoms with E-state index in [2.05, 4.69) is 46.6 Å². The maximum Gasteiger partial charge on any atom is 0.309 e. The lowest BCUT2D eigenvalue weighted by Crippen LogP contribution is -2.34. The van der Waals surface area contributed by atoms with Crippen molar-refractivity contribution in [1.82, 2.24) is 4.90 Å². The predicted molar refractivity (Wildman–Crippen MR) is 351 cm³/mol. The van der Waals surface area contributed by atoms with Gasteiger partial charge in [0.2, 0.25) is 0 Å². The summed E-state index contributed by atoms with van der Waals surface area (Å²) in [6.45, 7) is 23.9. The Bertz CT molecular complexity index is 1210. The molecule has 1 unspecified atom stereocenters. The zero-order valence-electron chi connectivity index (χ0n) is 56.9. The zero-order valence-corrected chi connectivity index (χ0v) is 56.9. The van der Waals surface area contributed by atoms with Gasteiger partial charge in [-0.3, -0.25) is 9.59 Å². The Morgan fingerprint density at radius 1 is 0.417 bits per heavy atom. The molecule has 0 amide bonds. The largest absolute Gasteiger partial charge is 0.465 e. The fourth-order valence-corrected chi connectivity index (χ4v) is 10.5. The van der Waals surface area contributed by atoms with Gasteiger partial charge in [-0.25, -0.2) is 0 Å². The van der Waals surface area contributed by atoms with Crippen LogP contribution in [0.15, 0.2) is 0 Å². The van der Waals surface area contributed by atoms with Crippen LogP contribution >= 0.6 is 0 Å². The molecule has 1 heterocycles. The van der Waals surface area contributed by atoms with E-state index in [0.29, 0.717) is 65.9 Å². The van der Waals surface area contributed by atoms with Crippen LogP contribution in [0.3, 0.4) is 0 Å². The molecule has 0 aromatic rings. The zero-order chi connectivity index (χ0) is 61.7. The maximum absolute atomic E-state index is 12.2. The molecule has 0 saturated carbocycles. The van der Waals surface area contributed by atoms with E-state index in [1.807, 2.05) is 13.8 Å². The molecule has 2 atom stereocenters. The molecular formula is C71H143NO12. The molecule has 504 valence electrons. The lowest BCUT2D eigenvalue weighted by atomic mass is 9.97. The van der Waals surface area contributed by atoms with Gasteiger partial charge in [-0.15, -0.1) is 0 Å². The second kappa shape index (κ2) is 72.3. The summed E-state index contributed by atoms with van der Waals surface area (Å²) in [5.41, 5.74) is 0. The molecule has 1 saturated heterocycles. The van der Waals surface area contributed by atoms with Crippen molar-refractivity contribution in [1.29, 1.82) is 0 Å². The molecule has 0 aromatic carbocycles. The summed E-state index contributed by atoms with van der Waals surface area (Å²) in [6, 6.07) is 0. The minimum absolute atomic E-state index is 0.0199. The molecule has 0 aromatic heterocycles. The third-order valence-corrected chi connectivity index (χ3v) is 16.0. The van der Waals surface area contributed by atoms with Gasteiger partial charge in [0.25, 0.3) is 6.47 Å². The Balaban J connectivity index is 0. The molecular weight excluding hydrogens is 1060 g/mol. The summed E-state index contributed by atoms with van der Waals surface area (Å²) in [4.78, 5) is 24.9. The summed E-state index contributed by atoms with van der Waals surface area (Å²) in [7, 11) is 2.08. The lowest BCUT2D eigenvalue weighted by molar-refractivity contribution is -0.151. The summed E-state index contributed by atoms with van der Waals surface area (Å²) in [5.74, 6) is -0.0806. The van der Waals surface area contributed by atoms with Crippen molar-refractivity contribution in [2.45, 2.75) is 343 Å². The average molecular weight is 1200 g/mol. The molecule has 13 heteroatoms.